The summed E-state index contributed by atoms with van der Waals surface area (Å²) in [5.41, 5.74) is 7.79. The van der Waals surface area contributed by atoms with E-state index in [0.717, 1.165) is 38.3 Å². The first kappa shape index (κ1) is 19.7. The van der Waals surface area contributed by atoms with Crippen molar-refractivity contribution in [3.63, 3.8) is 0 Å². The number of likely N-dealkylation sites (tertiary alicyclic amines) is 1. The van der Waals surface area contributed by atoms with Gasteiger partial charge in [0.05, 0.1) is 25.3 Å². The minimum Gasteiger partial charge on any atom is -0.365 e. The lowest BCUT2D eigenvalue weighted by Crippen LogP contribution is -2.43. The van der Waals surface area contributed by atoms with Gasteiger partial charge in [-0.3, -0.25) is 4.90 Å². The predicted molar refractivity (Wildman–Crippen MR) is 111 cm³/mol. The first-order chi connectivity index (χ1) is 14.3. The van der Waals surface area contributed by atoms with Crippen LogP contribution >= 0.6 is 0 Å². The van der Waals surface area contributed by atoms with Crippen LogP contribution in [0.3, 0.4) is 0 Å². The highest BCUT2D eigenvalue weighted by Crippen LogP contribution is 2.40. The van der Waals surface area contributed by atoms with Crippen LogP contribution in [0.25, 0.3) is 0 Å². The molecule has 0 saturated carbocycles. The van der Waals surface area contributed by atoms with Gasteiger partial charge >= 0.3 is 0 Å². The second-order valence-electron chi connectivity index (χ2n) is 7.49. The van der Waals surface area contributed by atoms with Gasteiger partial charge in [0.1, 0.15) is 0 Å². The molecule has 1 aliphatic rings. The van der Waals surface area contributed by atoms with Gasteiger partial charge < -0.3 is 10.5 Å². The second-order valence-corrected chi connectivity index (χ2v) is 7.49. The SMILES string of the molecule is NCOCCn1nnc(C2(c3ccccc3)CCN(Cc3ccccc3)CC2)n1. The van der Waals surface area contributed by atoms with Gasteiger partial charge in [-0.2, -0.15) is 4.80 Å². The van der Waals surface area contributed by atoms with Crippen molar-refractivity contribution in [2.75, 3.05) is 26.4 Å². The molecule has 29 heavy (non-hydrogen) atoms. The molecule has 1 aromatic heterocycles. The average molecular weight is 393 g/mol. The van der Waals surface area contributed by atoms with Crippen molar-refractivity contribution in [1.82, 2.24) is 25.1 Å². The van der Waals surface area contributed by atoms with Gasteiger partial charge in [0, 0.05) is 6.54 Å². The molecule has 0 unspecified atom stereocenters. The number of hydrogen-bond donors (Lipinski definition) is 1. The first-order valence-corrected chi connectivity index (χ1v) is 10.2. The summed E-state index contributed by atoms with van der Waals surface area (Å²) in [6.45, 7) is 4.20. The third kappa shape index (κ3) is 4.53. The fourth-order valence-corrected chi connectivity index (χ4v) is 4.09. The lowest BCUT2D eigenvalue weighted by Gasteiger charge is -2.40. The zero-order valence-electron chi connectivity index (χ0n) is 16.7. The van der Waals surface area contributed by atoms with E-state index < -0.39 is 0 Å². The van der Waals surface area contributed by atoms with Gasteiger partial charge in [-0.25, -0.2) is 0 Å². The van der Waals surface area contributed by atoms with E-state index in [-0.39, 0.29) is 12.1 Å². The Balaban J connectivity index is 1.53. The summed E-state index contributed by atoms with van der Waals surface area (Å²) < 4.78 is 5.22. The number of benzene rings is 2. The van der Waals surface area contributed by atoms with E-state index in [0.29, 0.717) is 13.2 Å². The number of nitrogens with zero attached hydrogens (tertiary/aromatic N) is 5. The molecule has 152 valence electrons. The molecule has 3 aromatic rings. The van der Waals surface area contributed by atoms with E-state index >= 15 is 0 Å². The number of tetrazole rings is 1. The Morgan fingerprint density at radius 1 is 0.966 bits per heavy atom. The maximum Gasteiger partial charge on any atom is 0.185 e. The minimum atomic E-state index is -0.207. The average Bonchev–Trinajstić information content (AvgIpc) is 3.25. The van der Waals surface area contributed by atoms with E-state index in [1.165, 1.54) is 11.1 Å². The van der Waals surface area contributed by atoms with Crippen molar-refractivity contribution in [3.8, 4) is 0 Å². The lowest BCUT2D eigenvalue weighted by atomic mass is 9.72. The monoisotopic (exact) mass is 392 g/mol. The van der Waals surface area contributed by atoms with Crippen LogP contribution in [-0.4, -0.2) is 51.5 Å². The zero-order chi connectivity index (χ0) is 19.9. The summed E-state index contributed by atoms with van der Waals surface area (Å²) >= 11 is 0. The highest BCUT2D eigenvalue weighted by molar-refractivity contribution is 5.33. The number of ether oxygens (including phenoxy) is 1. The van der Waals surface area contributed by atoms with Crippen molar-refractivity contribution >= 4 is 0 Å². The third-order valence-electron chi connectivity index (χ3n) is 5.72. The lowest BCUT2D eigenvalue weighted by molar-refractivity contribution is 0.126. The molecule has 0 radical (unpaired) electrons. The molecule has 0 spiro atoms. The summed E-state index contributed by atoms with van der Waals surface area (Å²) in [5, 5.41) is 13.4. The standard InChI is InChI=1S/C22H28N6O/c23-18-29-16-15-28-25-21(24-26-28)22(20-9-5-2-6-10-20)11-13-27(14-12-22)17-19-7-3-1-4-8-19/h1-10H,11-18,23H2. The molecule has 7 heteroatoms. The van der Waals surface area contributed by atoms with Crippen molar-refractivity contribution in [3.05, 3.63) is 77.6 Å². The van der Waals surface area contributed by atoms with Crippen LogP contribution in [0.2, 0.25) is 0 Å². The molecule has 0 bridgehead atoms. The fourth-order valence-electron chi connectivity index (χ4n) is 4.09. The summed E-state index contributed by atoms with van der Waals surface area (Å²) in [5.74, 6) is 0.802. The van der Waals surface area contributed by atoms with Gasteiger partial charge in [0.15, 0.2) is 5.82 Å². The summed E-state index contributed by atoms with van der Waals surface area (Å²) in [7, 11) is 0. The largest absolute Gasteiger partial charge is 0.365 e. The van der Waals surface area contributed by atoms with Gasteiger partial charge in [0.25, 0.3) is 0 Å². The Bertz CT molecular complexity index is 875. The predicted octanol–water partition coefficient (Wildman–Crippen LogP) is 2.19. The quantitative estimate of drug-likeness (QED) is 0.467. The minimum absolute atomic E-state index is 0.201. The number of rotatable bonds is 8. The van der Waals surface area contributed by atoms with Crippen LogP contribution in [0.1, 0.15) is 29.8 Å². The Morgan fingerprint density at radius 2 is 1.66 bits per heavy atom. The van der Waals surface area contributed by atoms with Crippen LogP contribution in [0.5, 0.6) is 0 Å². The fraction of sp³-hybridized carbons (Fsp3) is 0.409. The van der Waals surface area contributed by atoms with Crippen molar-refractivity contribution in [2.45, 2.75) is 31.3 Å². The molecule has 4 rings (SSSR count). The van der Waals surface area contributed by atoms with E-state index in [1.54, 1.807) is 4.80 Å². The molecule has 0 amide bonds. The smallest absolute Gasteiger partial charge is 0.185 e. The normalized spacial score (nSPS) is 16.7. The van der Waals surface area contributed by atoms with Crippen molar-refractivity contribution in [2.24, 2.45) is 5.73 Å². The van der Waals surface area contributed by atoms with E-state index in [9.17, 15) is 0 Å². The Labute approximate surface area is 171 Å². The van der Waals surface area contributed by atoms with Crippen LogP contribution in [0, 0.1) is 0 Å². The van der Waals surface area contributed by atoms with Crippen LogP contribution in [-0.2, 0) is 23.2 Å². The van der Waals surface area contributed by atoms with E-state index in [1.807, 2.05) is 0 Å². The Hall–Kier alpha value is -2.61. The van der Waals surface area contributed by atoms with Crippen molar-refractivity contribution < 1.29 is 4.74 Å². The number of nitrogens with two attached hydrogens (primary N) is 1. The molecular formula is C22H28N6O. The second kappa shape index (κ2) is 9.26. The molecule has 1 saturated heterocycles. The molecule has 1 fully saturated rings. The molecule has 0 aliphatic carbocycles. The molecule has 1 aliphatic heterocycles. The highest BCUT2D eigenvalue weighted by Gasteiger charge is 2.41. The van der Waals surface area contributed by atoms with Gasteiger partial charge in [-0.05, 0) is 42.3 Å². The molecule has 0 atom stereocenters. The molecular weight excluding hydrogens is 364 g/mol. The van der Waals surface area contributed by atoms with Gasteiger partial charge in [-0.1, -0.05) is 60.7 Å². The van der Waals surface area contributed by atoms with E-state index in [2.05, 4.69) is 75.9 Å². The maximum absolute atomic E-state index is 5.39. The Morgan fingerprint density at radius 3 is 2.34 bits per heavy atom. The summed E-state index contributed by atoms with van der Waals surface area (Å²) in [6, 6.07) is 21.2. The van der Waals surface area contributed by atoms with Crippen LogP contribution < -0.4 is 5.73 Å². The number of aromatic nitrogens is 4. The summed E-state index contributed by atoms with van der Waals surface area (Å²) in [4.78, 5) is 4.13. The van der Waals surface area contributed by atoms with Gasteiger partial charge in [-0.15, -0.1) is 10.2 Å². The van der Waals surface area contributed by atoms with E-state index in [4.69, 9.17) is 15.6 Å². The Kier molecular flexibility index (Phi) is 6.29. The van der Waals surface area contributed by atoms with Crippen molar-refractivity contribution in [1.29, 1.82) is 0 Å². The zero-order valence-corrected chi connectivity index (χ0v) is 16.7. The molecule has 2 heterocycles. The third-order valence-corrected chi connectivity index (χ3v) is 5.72. The highest BCUT2D eigenvalue weighted by atomic mass is 16.5. The maximum atomic E-state index is 5.39. The first-order valence-electron chi connectivity index (χ1n) is 10.2. The molecule has 2 aromatic carbocycles. The number of piperidine rings is 1. The van der Waals surface area contributed by atoms with Crippen LogP contribution in [0.4, 0.5) is 0 Å². The molecule has 2 N–H and O–H groups in total. The topological polar surface area (TPSA) is 82.1 Å². The van der Waals surface area contributed by atoms with Crippen LogP contribution in [0.15, 0.2) is 60.7 Å². The van der Waals surface area contributed by atoms with Gasteiger partial charge in [0.2, 0.25) is 0 Å². The summed E-state index contributed by atoms with van der Waals surface area (Å²) in [6.07, 6.45) is 1.93. The number of hydrogen-bond acceptors (Lipinski definition) is 6. The molecule has 7 nitrogen and oxygen atoms in total.